The van der Waals surface area contributed by atoms with E-state index < -0.39 is 12.1 Å². The Morgan fingerprint density at radius 3 is 2.36 bits per heavy atom. The first kappa shape index (κ1) is 30.8. The summed E-state index contributed by atoms with van der Waals surface area (Å²) < 4.78 is 0. The normalized spacial score (nSPS) is 21.5. The van der Waals surface area contributed by atoms with E-state index in [1.165, 1.54) is 0 Å². The van der Waals surface area contributed by atoms with Gasteiger partial charge in [-0.1, -0.05) is 95.0 Å². The van der Waals surface area contributed by atoms with E-state index in [4.69, 9.17) is 5.73 Å². The molecule has 2 aliphatic rings. The second-order valence-corrected chi connectivity index (χ2v) is 8.15. The number of piperidine rings is 1. The minimum Gasteiger partial charge on any atom is -0.347 e. The van der Waals surface area contributed by atoms with Crippen molar-refractivity contribution >= 4 is 17.7 Å². The van der Waals surface area contributed by atoms with Crippen LogP contribution in [0.15, 0.2) is 67.3 Å². The van der Waals surface area contributed by atoms with Gasteiger partial charge in [-0.25, -0.2) is 0 Å². The molecule has 1 aromatic carbocycles. The second kappa shape index (κ2) is 17.3. The maximum atomic E-state index is 13.3. The Labute approximate surface area is 216 Å². The average molecular weight is 497 g/mol. The SMILES string of the molecule is C=C/C=C\C=C/CC(NC(=O)[C@@H]1CC[C@@H]2CC[C@H](NC(=O)CN)C(=O)N21)c1ccccc1.CC.CC. The van der Waals surface area contributed by atoms with Gasteiger partial charge in [-0.15, -0.1) is 0 Å². The lowest BCUT2D eigenvalue weighted by Gasteiger charge is -2.38. The largest absolute Gasteiger partial charge is 0.347 e. The quantitative estimate of drug-likeness (QED) is 0.446. The molecule has 4 atom stereocenters. The summed E-state index contributed by atoms with van der Waals surface area (Å²) in [5.74, 6) is -0.703. The fourth-order valence-electron chi connectivity index (χ4n) is 4.47. The van der Waals surface area contributed by atoms with Crippen LogP contribution in [-0.4, -0.2) is 47.3 Å². The van der Waals surface area contributed by atoms with Crippen LogP contribution in [-0.2, 0) is 14.4 Å². The van der Waals surface area contributed by atoms with Gasteiger partial charge < -0.3 is 21.3 Å². The number of hydrogen-bond acceptors (Lipinski definition) is 4. The van der Waals surface area contributed by atoms with Crippen molar-refractivity contribution in [2.45, 2.75) is 84.0 Å². The first-order valence-electron chi connectivity index (χ1n) is 13.2. The number of carbonyl (C=O) groups excluding carboxylic acids is 3. The third-order valence-electron chi connectivity index (χ3n) is 6.05. The van der Waals surface area contributed by atoms with E-state index in [9.17, 15) is 14.4 Å². The van der Waals surface area contributed by atoms with Crippen molar-refractivity contribution in [3.63, 3.8) is 0 Å². The summed E-state index contributed by atoms with van der Waals surface area (Å²) in [6.07, 6.45) is 12.7. The molecule has 2 fully saturated rings. The minimum absolute atomic E-state index is 0.0448. The number of fused-ring (bicyclic) bond motifs is 1. The lowest BCUT2D eigenvalue weighted by Crippen LogP contribution is -2.59. The predicted octanol–water partition coefficient (Wildman–Crippen LogP) is 4.18. The summed E-state index contributed by atoms with van der Waals surface area (Å²) in [5.41, 5.74) is 6.38. The Balaban J connectivity index is 0.00000154. The van der Waals surface area contributed by atoms with Gasteiger partial charge in [0.2, 0.25) is 17.7 Å². The second-order valence-electron chi connectivity index (χ2n) is 8.15. The lowest BCUT2D eigenvalue weighted by molar-refractivity contribution is -0.146. The van der Waals surface area contributed by atoms with E-state index in [-0.39, 0.29) is 36.3 Å². The molecule has 0 spiro atoms. The Bertz CT molecular complexity index is 882. The van der Waals surface area contributed by atoms with Crippen LogP contribution < -0.4 is 16.4 Å². The molecule has 7 nitrogen and oxygen atoms in total. The Kier molecular flexibility index (Phi) is 14.8. The maximum absolute atomic E-state index is 13.3. The van der Waals surface area contributed by atoms with Crippen molar-refractivity contribution in [2.24, 2.45) is 5.73 Å². The molecule has 2 saturated heterocycles. The average Bonchev–Trinajstić information content (AvgIpc) is 3.37. The van der Waals surface area contributed by atoms with E-state index >= 15 is 0 Å². The molecule has 0 aromatic heterocycles. The fourth-order valence-corrected chi connectivity index (χ4v) is 4.47. The minimum atomic E-state index is -0.611. The number of nitrogens with two attached hydrogens (primary N) is 1. The molecule has 2 heterocycles. The highest BCUT2D eigenvalue weighted by molar-refractivity contribution is 5.93. The summed E-state index contributed by atoms with van der Waals surface area (Å²) in [7, 11) is 0. The highest BCUT2D eigenvalue weighted by Gasteiger charge is 2.46. The number of hydrogen-bond donors (Lipinski definition) is 3. The Hall–Kier alpha value is -3.19. The summed E-state index contributed by atoms with van der Waals surface area (Å²) >= 11 is 0. The molecular formula is C29H44N4O3. The van der Waals surface area contributed by atoms with Gasteiger partial charge in [0.05, 0.1) is 12.6 Å². The smallest absolute Gasteiger partial charge is 0.246 e. The van der Waals surface area contributed by atoms with Crippen LogP contribution in [0.5, 0.6) is 0 Å². The zero-order valence-corrected chi connectivity index (χ0v) is 22.3. The predicted molar refractivity (Wildman–Crippen MR) is 147 cm³/mol. The van der Waals surface area contributed by atoms with E-state index in [1.54, 1.807) is 11.0 Å². The number of carbonyl (C=O) groups is 3. The van der Waals surface area contributed by atoms with Crippen molar-refractivity contribution < 1.29 is 14.4 Å². The standard InChI is InChI=1S/C25H32N4O3.2C2H6/c1-2-3-4-5-9-12-20(18-10-7-6-8-11-18)28-24(31)22-16-14-19-13-15-21(25(32)29(19)22)27-23(30)17-26;2*1-2/h2-11,19-22H,1,12-17,26H2,(H,27,30)(H,28,31);2*1-2H3/b4-3-,9-5-;;/t19-,20?,21-,22-;;/m0../s1. The third-order valence-corrected chi connectivity index (χ3v) is 6.05. The summed E-state index contributed by atoms with van der Waals surface area (Å²) in [5, 5.41) is 5.84. The number of benzene rings is 1. The highest BCUT2D eigenvalue weighted by atomic mass is 16.2. The molecule has 0 bridgehead atoms. The van der Waals surface area contributed by atoms with Gasteiger partial charge in [0, 0.05) is 6.04 Å². The third kappa shape index (κ3) is 8.79. The van der Waals surface area contributed by atoms with Crippen LogP contribution in [0.4, 0.5) is 0 Å². The number of nitrogens with one attached hydrogen (secondary N) is 2. The van der Waals surface area contributed by atoms with Crippen molar-refractivity contribution in [1.29, 1.82) is 0 Å². The molecule has 1 unspecified atom stereocenters. The van der Waals surface area contributed by atoms with Gasteiger partial charge in [-0.2, -0.15) is 0 Å². The van der Waals surface area contributed by atoms with Crippen molar-refractivity contribution in [2.75, 3.05) is 6.54 Å². The van der Waals surface area contributed by atoms with Gasteiger partial charge in [0.1, 0.15) is 12.1 Å². The van der Waals surface area contributed by atoms with Crippen LogP contribution >= 0.6 is 0 Å². The van der Waals surface area contributed by atoms with E-state index in [1.807, 2.05) is 82.3 Å². The van der Waals surface area contributed by atoms with E-state index in [0.717, 1.165) is 18.4 Å². The van der Waals surface area contributed by atoms with Gasteiger partial charge in [-0.05, 0) is 37.7 Å². The van der Waals surface area contributed by atoms with Gasteiger partial charge in [-0.3, -0.25) is 14.4 Å². The van der Waals surface area contributed by atoms with Gasteiger partial charge in [0.15, 0.2) is 0 Å². The molecule has 4 N–H and O–H groups in total. The van der Waals surface area contributed by atoms with Crippen LogP contribution in [0.1, 0.15) is 71.4 Å². The molecule has 0 saturated carbocycles. The van der Waals surface area contributed by atoms with Crippen LogP contribution in [0.25, 0.3) is 0 Å². The van der Waals surface area contributed by atoms with Crippen LogP contribution in [0.3, 0.4) is 0 Å². The molecule has 36 heavy (non-hydrogen) atoms. The van der Waals surface area contributed by atoms with Crippen molar-refractivity contribution in [1.82, 2.24) is 15.5 Å². The first-order chi connectivity index (χ1) is 17.5. The number of amides is 3. The van der Waals surface area contributed by atoms with Crippen LogP contribution in [0.2, 0.25) is 0 Å². The van der Waals surface area contributed by atoms with Crippen molar-refractivity contribution in [3.8, 4) is 0 Å². The van der Waals surface area contributed by atoms with Crippen LogP contribution in [0, 0.1) is 0 Å². The molecular weight excluding hydrogens is 452 g/mol. The molecule has 0 aliphatic carbocycles. The number of nitrogens with zero attached hydrogens (tertiary/aromatic N) is 1. The van der Waals surface area contributed by atoms with E-state index in [2.05, 4.69) is 17.2 Å². The van der Waals surface area contributed by atoms with Gasteiger partial charge >= 0.3 is 0 Å². The Morgan fingerprint density at radius 1 is 1.06 bits per heavy atom. The summed E-state index contributed by atoms with van der Waals surface area (Å²) in [4.78, 5) is 39.7. The highest BCUT2D eigenvalue weighted by Crippen LogP contribution is 2.33. The summed E-state index contributed by atoms with van der Waals surface area (Å²) in [6, 6.07) is 8.50. The molecule has 0 radical (unpaired) electrons. The molecule has 2 aliphatic heterocycles. The molecule has 3 amide bonds. The lowest BCUT2D eigenvalue weighted by atomic mass is 9.98. The molecule has 7 heteroatoms. The first-order valence-corrected chi connectivity index (χ1v) is 13.2. The van der Waals surface area contributed by atoms with E-state index in [0.29, 0.717) is 19.3 Å². The van der Waals surface area contributed by atoms with Gasteiger partial charge in [0.25, 0.3) is 0 Å². The maximum Gasteiger partial charge on any atom is 0.246 e. The summed E-state index contributed by atoms with van der Waals surface area (Å²) in [6.45, 7) is 11.5. The number of rotatable bonds is 9. The fraction of sp³-hybridized carbons (Fsp3) is 0.483. The number of allylic oxidation sites excluding steroid dienone is 4. The topological polar surface area (TPSA) is 105 Å². The molecule has 3 rings (SSSR count). The van der Waals surface area contributed by atoms with Crippen molar-refractivity contribution in [3.05, 3.63) is 72.9 Å². The monoisotopic (exact) mass is 496 g/mol. The molecule has 198 valence electrons. The molecule has 1 aromatic rings. The Morgan fingerprint density at radius 2 is 1.72 bits per heavy atom. The zero-order chi connectivity index (χ0) is 26.9. The zero-order valence-electron chi connectivity index (χ0n) is 22.3.